The van der Waals surface area contributed by atoms with Gasteiger partial charge in [0.2, 0.25) is 0 Å². The quantitative estimate of drug-likeness (QED) is 0.859. The smallest absolute Gasteiger partial charge is 0.107 e. The van der Waals surface area contributed by atoms with Crippen LogP contribution in [0.5, 0.6) is 0 Å². The summed E-state index contributed by atoms with van der Waals surface area (Å²) >= 11 is 1.77. The van der Waals surface area contributed by atoms with Gasteiger partial charge in [-0.05, 0) is 46.6 Å². The Morgan fingerprint density at radius 2 is 2.17 bits per heavy atom. The van der Waals surface area contributed by atoms with Gasteiger partial charge < -0.3 is 10.2 Å². The second kappa shape index (κ2) is 5.68. The molecule has 0 saturated heterocycles. The highest BCUT2D eigenvalue weighted by Gasteiger charge is 2.23. The number of rotatable bonds is 6. The van der Waals surface area contributed by atoms with E-state index in [9.17, 15) is 0 Å². The van der Waals surface area contributed by atoms with E-state index in [4.69, 9.17) is 4.98 Å². The van der Waals surface area contributed by atoms with E-state index in [2.05, 4.69) is 43.4 Å². The molecule has 0 spiro atoms. The van der Waals surface area contributed by atoms with Gasteiger partial charge in [-0.3, -0.25) is 0 Å². The van der Waals surface area contributed by atoms with E-state index in [0.29, 0.717) is 0 Å². The largest absolute Gasteiger partial charge is 0.306 e. The summed E-state index contributed by atoms with van der Waals surface area (Å²) in [5.41, 5.74) is 1.38. The number of nitrogens with zero attached hydrogens (tertiary/aromatic N) is 2. The maximum absolute atomic E-state index is 4.70. The fraction of sp³-hybridized carbons (Fsp3) is 0.786. The van der Waals surface area contributed by atoms with E-state index < -0.39 is 0 Å². The molecule has 1 heterocycles. The number of nitrogens with one attached hydrogen (secondary N) is 1. The van der Waals surface area contributed by atoms with Crippen LogP contribution >= 0.6 is 11.3 Å². The highest BCUT2D eigenvalue weighted by atomic mass is 32.1. The maximum atomic E-state index is 4.70. The molecule has 102 valence electrons. The van der Waals surface area contributed by atoms with Crippen LogP contribution in [0.4, 0.5) is 0 Å². The van der Waals surface area contributed by atoms with E-state index in [-0.39, 0.29) is 5.54 Å². The van der Waals surface area contributed by atoms with Crippen molar-refractivity contribution in [2.75, 3.05) is 13.6 Å². The standard InChI is InChI=1S/C14H25N3S/c1-14(2,3)15-7-13-16-12(10-18-13)9-17(4)8-11-5-6-11/h10-11,15H,5-9H2,1-4H3. The first-order chi connectivity index (χ1) is 8.42. The van der Waals surface area contributed by atoms with Gasteiger partial charge in [-0.1, -0.05) is 0 Å². The molecule has 0 aliphatic heterocycles. The van der Waals surface area contributed by atoms with Gasteiger partial charge in [0.25, 0.3) is 0 Å². The zero-order valence-electron chi connectivity index (χ0n) is 12.0. The van der Waals surface area contributed by atoms with Crippen molar-refractivity contribution in [2.24, 2.45) is 5.92 Å². The van der Waals surface area contributed by atoms with E-state index in [1.807, 2.05) is 0 Å². The minimum atomic E-state index is 0.161. The van der Waals surface area contributed by atoms with Crippen molar-refractivity contribution in [3.05, 3.63) is 16.1 Å². The molecular weight excluding hydrogens is 242 g/mol. The fourth-order valence-electron chi connectivity index (χ4n) is 1.93. The average molecular weight is 267 g/mol. The van der Waals surface area contributed by atoms with E-state index in [1.54, 1.807) is 11.3 Å². The summed E-state index contributed by atoms with van der Waals surface area (Å²) < 4.78 is 0. The lowest BCUT2D eigenvalue weighted by Crippen LogP contribution is -2.35. The van der Waals surface area contributed by atoms with Gasteiger partial charge in [-0.2, -0.15) is 0 Å². The number of hydrogen-bond acceptors (Lipinski definition) is 4. The van der Waals surface area contributed by atoms with Gasteiger partial charge in [0.05, 0.1) is 5.69 Å². The Labute approximate surface area is 115 Å². The first kappa shape index (κ1) is 14.0. The molecule has 4 heteroatoms. The number of aromatic nitrogens is 1. The number of hydrogen-bond donors (Lipinski definition) is 1. The molecule has 1 N–H and O–H groups in total. The first-order valence-electron chi connectivity index (χ1n) is 6.79. The van der Waals surface area contributed by atoms with Crippen molar-refractivity contribution in [1.82, 2.24) is 15.2 Å². The molecule has 0 atom stereocenters. The highest BCUT2D eigenvalue weighted by Crippen LogP contribution is 2.29. The van der Waals surface area contributed by atoms with Crippen LogP contribution in [0.1, 0.15) is 44.3 Å². The summed E-state index contributed by atoms with van der Waals surface area (Å²) in [4.78, 5) is 7.09. The van der Waals surface area contributed by atoms with Crippen LogP contribution in [-0.2, 0) is 13.1 Å². The van der Waals surface area contributed by atoms with Gasteiger partial charge in [-0.25, -0.2) is 4.98 Å². The summed E-state index contributed by atoms with van der Waals surface area (Å²) in [7, 11) is 2.20. The van der Waals surface area contributed by atoms with Crippen molar-refractivity contribution in [3.63, 3.8) is 0 Å². The summed E-state index contributed by atoms with van der Waals surface area (Å²) in [6.45, 7) is 9.65. The second-order valence-electron chi connectivity index (χ2n) is 6.48. The van der Waals surface area contributed by atoms with Crippen LogP contribution < -0.4 is 5.32 Å². The Morgan fingerprint density at radius 1 is 1.44 bits per heavy atom. The van der Waals surface area contributed by atoms with Crippen molar-refractivity contribution in [2.45, 2.75) is 52.2 Å². The molecule has 1 saturated carbocycles. The van der Waals surface area contributed by atoms with Crippen molar-refractivity contribution >= 4 is 11.3 Å². The molecule has 0 radical (unpaired) electrons. The van der Waals surface area contributed by atoms with Crippen molar-refractivity contribution in [1.29, 1.82) is 0 Å². The summed E-state index contributed by atoms with van der Waals surface area (Å²) in [5, 5.41) is 6.87. The second-order valence-corrected chi connectivity index (χ2v) is 7.42. The topological polar surface area (TPSA) is 28.2 Å². The average Bonchev–Trinajstić information content (AvgIpc) is 2.93. The third-order valence-electron chi connectivity index (χ3n) is 3.07. The van der Waals surface area contributed by atoms with E-state index in [0.717, 1.165) is 19.0 Å². The SMILES string of the molecule is CN(Cc1csc(CNC(C)(C)C)n1)CC1CC1. The third kappa shape index (κ3) is 5.04. The molecule has 0 aromatic carbocycles. The predicted octanol–water partition coefficient (Wildman–Crippen LogP) is 2.87. The van der Waals surface area contributed by atoms with Crippen molar-refractivity contribution < 1.29 is 0 Å². The Morgan fingerprint density at radius 3 is 2.78 bits per heavy atom. The van der Waals surface area contributed by atoms with Gasteiger partial charge in [0, 0.05) is 30.6 Å². The van der Waals surface area contributed by atoms with Gasteiger partial charge >= 0.3 is 0 Å². The summed E-state index contributed by atoms with van der Waals surface area (Å²) in [6, 6.07) is 0. The molecule has 18 heavy (non-hydrogen) atoms. The molecule has 1 fully saturated rings. The summed E-state index contributed by atoms with van der Waals surface area (Å²) in [6.07, 6.45) is 2.84. The number of thiazole rings is 1. The van der Waals surface area contributed by atoms with Crippen LogP contribution in [0.3, 0.4) is 0 Å². The zero-order chi connectivity index (χ0) is 13.2. The molecule has 3 nitrogen and oxygen atoms in total. The molecule has 1 aromatic heterocycles. The van der Waals surface area contributed by atoms with Gasteiger partial charge in [0.15, 0.2) is 0 Å². The Kier molecular flexibility index (Phi) is 4.41. The highest BCUT2D eigenvalue weighted by molar-refractivity contribution is 7.09. The van der Waals surface area contributed by atoms with Crippen LogP contribution in [0.15, 0.2) is 5.38 Å². The lowest BCUT2D eigenvalue weighted by atomic mass is 10.1. The third-order valence-corrected chi connectivity index (χ3v) is 3.97. The molecule has 1 aromatic rings. The predicted molar refractivity (Wildman–Crippen MR) is 77.8 cm³/mol. The first-order valence-corrected chi connectivity index (χ1v) is 7.67. The molecule has 0 bridgehead atoms. The lowest BCUT2D eigenvalue weighted by molar-refractivity contribution is 0.309. The Bertz CT molecular complexity index is 377. The van der Waals surface area contributed by atoms with Crippen LogP contribution in [0, 0.1) is 5.92 Å². The molecule has 0 unspecified atom stereocenters. The lowest BCUT2D eigenvalue weighted by Gasteiger charge is -2.19. The normalized spacial score (nSPS) is 16.5. The molecule has 0 amide bonds. The van der Waals surface area contributed by atoms with Crippen LogP contribution in [0.2, 0.25) is 0 Å². The minimum absolute atomic E-state index is 0.161. The molecule has 1 aliphatic carbocycles. The molecule has 2 rings (SSSR count). The minimum Gasteiger partial charge on any atom is -0.306 e. The Balaban J connectivity index is 1.77. The summed E-state index contributed by atoms with van der Waals surface area (Å²) in [5.74, 6) is 0.954. The maximum Gasteiger partial charge on any atom is 0.107 e. The van der Waals surface area contributed by atoms with E-state index >= 15 is 0 Å². The van der Waals surface area contributed by atoms with Crippen LogP contribution in [0.25, 0.3) is 0 Å². The monoisotopic (exact) mass is 267 g/mol. The fourth-order valence-corrected chi connectivity index (χ4v) is 2.65. The molecular formula is C14H25N3S. The van der Waals surface area contributed by atoms with Crippen LogP contribution in [-0.4, -0.2) is 29.0 Å². The Hall–Kier alpha value is -0.450. The van der Waals surface area contributed by atoms with Gasteiger partial charge in [0.1, 0.15) is 5.01 Å². The van der Waals surface area contributed by atoms with E-state index in [1.165, 1.54) is 30.1 Å². The zero-order valence-corrected chi connectivity index (χ0v) is 12.8. The van der Waals surface area contributed by atoms with Gasteiger partial charge in [-0.15, -0.1) is 11.3 Å². The van der Waals surface area contributed by atoms with Crippen molar-refractivity contribution in [3.8, 4) is 0 Å². The molecule has 1 aliphatic rings.